The second-order valence-corrected chi connectivity index (χ2v) is 2.53. The lowest BCUT2D eigenvalue weighted by molar-refractivity contribution is 0.0993. The van der Waals surface area contributed by atoms with E-state index < -0.39 is 29.4 Å². The van der Waals surface area contributed by atoms with E-state index in [2.05, 4.69) is 5.10 Å². The van der Waals surface area contributed by atoms with E-state index in [-0.39, 0.29) is 0 Å². The van der Waals surface area contributed by atoms with E-state index >= 15 is 0 Å². The monoisotopic (exact) mass is 192 g/mol. The Morgan fingerprint density at radius 3 is 2.38 bits per heavy atom. The molecule has 0 radical (unpaired) electrons. The van der Waals surface area contributed by atoms with E-state index in [0.717, 1.165) is 14.0 Å². The van der Waals surface area contributed by atoms with Crippen LogP contribution in [0.4, 0.5) is 13.2 Å². The molecule has 6 heteroatoms. The number of nitrogens with zero attached hydrogens (tertiary/aromatic N) is 2. The molecule has 0 amide bonds. The van der Waals surface area contributed by atoms with Gasteiger partial charge in [-0.3, -0.25) is 4.79 Å². The highest BCUT2D eigenvalue weighted by molar-refractivity contribution is 5.95. The maximum atomic E-state index is 13.0. The summed E-state index contributed by atoms with van der Waals surface area (Å²) in [5.74, 6) is -1.77. The molecule has 0 aliphatic heterocycles. The van der Waals surface area contributed by atoms with Crippen LogP contribution in [0, 0.1) is 5.95 Å². The molecule has 13 heavy (non-hydrogen) atoms. The standard InChI is InChI=1S/C7H7F3N2O/c1-3(13)4-5(6(8)9)11-12(2)7(4)10/h6H,1-2H3. The molecule has 0 saturated carbocycles. The molecule has 3 nitrogen and oxygen atoms in total. The average Bonchev–Trinajstić information content (AvgIpc) is 2.28. The van der Waals surface area contributed by atoms with Crippen LogP contribution >= 0.6 is 0 Å². The summed E-state index contributed by atoms with van der Waals surface area (Å²) in [6, 6.07) is 0. The van der Waals surface area contributed by atoms with Gasteiger partial charge in [-0.15, -0.1) is 0 Å². The van der Waals surface area contributed by atoms with Crippen molar-refractivity contribution in [3.05, 3.63) is 17.2 Å². The molecular weight excluding hydrogens is 185 g/mol. The van der Waals surface area contributed by atoms with Crippen LogP contribution in [0.3, 0.4) is 0 Å². The van der Waals surface area contributed by atoms with E-state index in [1.54, 1.807) is 0 Å². The van der Waals surface area contributed by atoms with E-state index in [0.29, 0.717) is 4.68 Å². The summed E-state index contributed by atoms with van der Waals surface area (Å²) < 4.78 is 38.0. The van der Waals surface area contributed by atoms with Crippen LogP contribution in [0.25, 0.3) is 0 Å². The molecule has 0 aromatic carbocycles. The molecule has 0 fully saturated rings. The van der Waals surface area contributed by atoms with E-state index in [9.17, 15) is 18.0 Å². The summed E-state index contributed by atoms with van der Waals surface area (Å²) in [6.45, 7) is 1.02. The number of alkyl halides is 2. The quantitative estimate of drug-likeness (QED) is 0.668. The predicted octanol–water partition coefficient (Wildman–Crippen LogP) is 1.70. The molecule has 1 heterocycles. The highest BCUT2D eigenvalue weighted by atomic mass is 19.3. The van der Waals surface area contributed by atoms with Gasteiger partial charge in [0.2, 0.25) is 5.95 Å². The summed E-state index contributed by atoms with van der Waals surface area (Å²) in [6.07, 6.45) is -2.94. The predicted molar refractivity (Wildman–Crippen MR) is 38.1 cm³/mol. The van der Waals surface area contributed by atoms with E-state index in [4.69, 9.17) is 0 Å². The highest BCUT2D eigenvalue weighted by Crippen LogP contribution is 2.23. The van der Waals surface area contributed by atoms with E-state index in [1.807, 2.05) is 0 Å². The SMILES string of the molecule is CC(=O)c1c(C(F)F)nn(C)c1F. The molecule has 0 N–H and O–H groups in total. The number of hydrogen-bond donors (Lipinski definition) is 0. The number of aromatic nitrogens is 2. The van der Waals surface area contributed by atoms with Crippen molar-refractivity contribution in [2.45, 2.75) is 13.3 Å². The van der Waals surface area contributed by atoms with Crippen LogP contribution in [-0.4, -0.2) is 15.6 Å². The third-order valence-electron chi connectivity index (χ3n) is 1.56. The maximum Gasteiger partial charge on any atom is 0.283 e. The maximum absolute atomic E-state index is 13.0. The van der Waals surface area contributed by atoms with Gasteiger partial charge >= 0.3 is 0 Å². The zero-order valence-electron chi connectivity index (χ0n) is 7.01. The van der Waals surface area contributed by atoms with Gasteiger partial charge < -0.3 is 0 Å². The number of ketones is 1. The topological polar surface area (TPSA) is 34.9 Å². The minimum absolute atomic E-state index is 0.623. The molecular formula is C7H7F3N2O. The Kier molecular flexibility index (Phi) is 2.40. The minimum Gasteiger partial charge on any atom is -0.294 e. The van der Waals surface area contributed by atoms with Gasteiger partial charge in [-0.1, -0.05) is 0 Å². The van der Waals surface area contributed by atoms with Gasteiger partial charge in [0, 0.05) is 7.05 Å². The van der Waals surface area contributed by atoms with Crippen LogP contribution in [0.15, 0.2) is 0 Å². The van der Waals surface area contributed by atoms with E-state index in [1.165, 1.54) is 0 Å². The van der Waals surface area contributed by atoms with Crippen LogP contribution in [0.5, 0.6) is 0 Å². The fourth-order valence-corrected chi connectivity index (χ4v) is 1.00. The Bertz CT molecular complexity index is 346. The summed E-state index contributed by atoms with van der Waals surface area (Å²) in [7, 11) is 1.16. The number of carbonyl (C=O) groups is 1. The van der Waals surface area contributed by atoms with Crippen LogP contribution in [-0.2, 0) is 7.05 Å². The fraction of sp³-hybridized carbons (Fsp3) is 0.429. The fourth-order valence-electron chi connectivity index (χ4n) is 1.00. The summed E-state index contributed by atoms with van der Waals surface area (Å²) in [4.78, 5) is 10.8. The second kappa shape index (κ2) is 3.20. The largest absolute Gasteiger partial charge is 0.294 e. The van der Waals surface area contributed by atoms with Crippen molar-refractivity contribution in [1.29, 1.82) is 0 Å². The third-order valence-corrected chi connectivity index (χ3v) is 1.56. The average molecular weight is 192 g/mol. The lowest BCUT2D eigenvalue weighted by Crippen LogP contribution is -2.00. The van der Waals surface area contributed by atoms with Gasteiger partial charge in [0.25, 0.3) is 6.43 Å². The Hall–Kier alpha value is -1.33. The number of hydrogen-bond acceptors (Lipinski definition) is 2. The Morgan fingerprint density at radius 1 is 1.54 bits per heavy atom. The zero-order chi connectivity index (χ0) is 10.2. The van der Waals surface area contributed by atoms with Gasteiger partial charge in [0.05, 0.1) is 0 Å². The molecule has 0 atom stereocenters. The minimum atomic E-state index is -2.94. The Labute approximate surface area is 72.2 Å². The molecule has 1 aromatic heterocycles. The van der Waals surface area contributed by atoms with Crippen molar-refractivity contribution in [3.8, 4) is 0 Å². The van der Waals surface area contributed by atoms with Crippen molar-refractivity contribution < 1.29 is 18.0 Å². The van der Waals surface area contributed by atoms with Gasteiger partial charge in [0.15, 0.2) is 5.78 Å². The van der Waals surface area contributed by atoms with Gasteiger partial charge in [-0.05, 0) is 6.92 Å². The van der Waals surface area contributed by atoms with Gasteiger partial charge in [-0.2, -0.15) is 9.49 Å². The zero-order valence-corrected chi connectivity index (χ0v) is 7.01. The number of carbonyl (C=O) groups excluding carboxylic acids is 1. The first kappa shape index (κ1) is 9.76. The van der Waals surface area contributed by atoms with Gasteiger partial charge in [-0.25, -0.2) is 13.5 Å². The van der Waals surface area contributed by atoms with Crippen molar-refractivity contribution in [2.75, 3.05) is 0 Å². The molecule has 0 saturated heterocycles. The molecule has 72 valence electrons. The Morgan fingerprint density at radius 2 is 2.08 bits per heavy atom. The first-order chi connectivity index (χ1) is 5.95. The first-order valence-corrected chi connectivity index (χ1v) is 3.46. The molecule has 1 rings (SSSR count). The second-order valence-electron chi connectivity index (χ2n) is 2.53. The lowest BCUT2D eigenvalue weighted by Gasteiger charge is -1.94. The van der Waals surface area contributed by atoms with Crippen LogP contribution in [0.1, 0.15) is 29.4 Å². The number of aryl methyl sites for hydroxylation is 1. The highest BCUT2D eigenvalue weighted by Gasteiger charge is 2.25. The molecule has 1 aromatic rings. The van der Waals surface area contributed by atoms with Crippen LogP contribution < -0.4 is 0 Å². The van der Waals surface area contributed by atoms with Gasteiger partial charge in [0.1, 0.15) is 11.3 Å². The molecule has 0 spiro atoms. The first-order valence-electron chi connectivity index (χ1n) is 3.46. The third kappa shape index (κ3) is 1.56. The molecule has 0 aliphatic rings. The molecule has 0 unspecified atom stereocenters. The number of halogens is 3. The van der Waals surface area contributed by atoms with Crippen molar-refractivity contribution in [2.24, 2.45) is 7.05 Å². The van der Waals surface area contributed by atoms with Crippen molar-refractivity contribution in [3.63, 3.8) is 0 Å². The lowest BCUT2D eigenvalue weighted by atomic mass is 10.2. The number of rotatable bonds is 2. The smallest absolute Gasteiger partial charge is 0.283 e. The molecule has 0 bridgehead atoms. The van der Waals surface area contributed by atoms with Crippen molar-refractivity contribution in [1.82, 2.24) is 9.78 Å². The summed E-state index contributed by atoms with van der Waals surface area (Å²) in [5, 5.41) is 3.20. The molecule has 0 aliphatic carbocycles. The number of Topliss-reactive ketones (excluding diaryl/α,β-unsaturated/α-hetero) is 1. The van der Waals surface area contributed by atoms with Crippen LogP contribution in [0.2, 0.25) is 0 Å². The van der Waals surface area contributed by atoms with Crippen molar-refractivity contribution >= 4 is 5.78 Å². The Balaban J connectivity index is 3.35. The summed E-state index contributed by atoms with van der Waals surface area (Å²) in [5.41, 5.74) is -1.43. The summed E-state index contributed by atoms with van der Waals surface area (Å²) >= 11 is 0. The normalized spacial score (nSPS) is 10.9.